The highest BCUT2D eigenvalue weighted by Crippen LogP contribution is 2.41. The average molecular weight is 263 g/mol. The van der Waals surface area contributed by atoms with Crippen molar-refractivity contribution in [2.45, 2.75) is 90.1 Å². The van der Waals surface area contributed by atoms with E-state index in [-0.39, 0.29) is 0 Å². The van der Waals surface area contributed by atoms with Gasteiger partial charge < -0.3 is 5.32 Å². The van der Waals surface area contributed by atoms with E-state index in [0.717, 1.165) is 35.8 Å². The lowest BCUT2D eigenvalue weighted by atomic mass is 9.69. The zero-order valence-electron chi connectivity index (χ0n) is 13.0. The molecular weight excluding hydrogens is 230 g/mol. The van der Waals surface area contributed by atoms with Gasteiger partial charge in [-0.15, -0.1) is 0 Å². The Bertz CT molecular complexity index is 287. The molecule has 0 heterocycles. The quantitative estimate of drug-likeness (QED) is 0.757. The van der Waals surface area contributed by atoms with E-state index in [0.29, 0.717) is 0 Å². The first-order chi connectivity index (χ1) is 9.22. The predicted octanol–water partition coefficient (Wildman–Crippen LogP) is 4.76. The number of rotatable bonds is 2. The highest BCUT2D eigenvalue weighted by Gasteiger charge is 2.33. The van der Waals surface area contributed by atoms with Crippen LogP contribution in [0, 0.1) is 23.7 Å². The normalized spacial score (nSPS) is 47.7. The molecule has 0 radical (unpaired) electrons. The maximum atomic E-state index is 4.04. The van der Waals surface area contributed by atoms with Crippen molar-refractivity contribution < 1.29 is 0 Å². The van der Waals surface area contributed by atoms with Crippen LogP contribution < -0.4 is 5.32 Å². The second kappa shape index (κ2) is 6.16. The minimum absolute atomic E-state index is 0.830. The molecule has 0 saturated heterocycles. The highest BCUT2D eigenvalue weighted by molar-refractivity contribution is 4.89. The Kier molecular flexibility index (Phi) is 4.51. The van der Waals surface area contributed by atoms with Gasteiger partial charge in [0.15, 0.2) is 0 Å². The number of nitrogens with one attached hydrogen (secondary N) is 1. The molecular formula is C18H33N. The second-order valence-corrected chi connectivity index (χ2v) is 7.95. The van der Waals surface area contributed by atoms with E-state index in [9.17, 15) is 0 Å². The van der Waals surface area contributed by atoms with E-state index in [2.05, 4.69) is 19.2 Å². The van der Waals surface area contributed by atoms with Gasteiger partial charge in [-0.2, -0.15) is 0 Å². The molecule has 6 unspecified atom stereocenters. The highest BCUT2D eigenvalue weighted by atomic mass is 15.0. The summed E-state index contributed by atoms with van der Waals surface area (Å²) in [6.07, 6.45) is 14.8. The third kappa shape index (κ3) is 3.35. The van der Waals surface area contributed by atoms with Crippen molar-refractivity contribution in [1.82, 2.24) is 5.32 Å². The van der Waals surface area contributed by atoms with Gasteiger partial charge in [-0.3, -0.25) is 0 Å². The van der Waals surface area contributed by atoms with Crippen LogP contribution in [0.2, 0.25) is 0 Å². The van der Waals surface area contributed by atoms with Gasteiger partial charge in [-0.05, 0) is 62.2 Å². The third-order valence-electron chi connectivity index (χ3n) is 6.61. The molecule has 110 valence electrons. The zero-order chi connectivity index (χ0) is 13.2. The van der Waals surface area contributed by atoms with Gasteiger partial charge in [-0.1, -0.05) is 39.5 Å². The number of hydrogen-bond donors (Lipinski definition) is 1. The summed E-state index contributed by atoms with van der Waals surface area (Å²) in [7, 11) is 0. The first kappa shape index (κ1) is 13.9. The van der Waals surface area contributed by atoms with E-state index < -0.39 is 0 Å². The van der Waals surface area contributed by atoms with Crippen LogP contribution in [-0.4, -0.2) is 12.1 Å². The van der Waals surface area contributed by atoms with Crippen molar-refractivity contribution in [3.05, 3.63) is 0 Å². The first-order valence-corrected chi connectivity index (χ1v) is 8.98. The van der Waals surface area contributed by atoms with E-state index in [1.807, 2.05) is 0 Å². The van der Waals surface area contributed by atoms with E-state index >= 15 is 0 Å². The predicted molar refractivity (Wildman–Crippen MR) is 82.2 cm³/mol. The van der Waals surface area contributed by atoms with Crippen molar-refractivity contribution in [2.24, 2.45) is 23.7 Å². The molecule has 3 rings (SSSR count). The molecule has 0 aromatic carbocycles. The van der Waals surface area contributed by atoms with Crippen molar-refractivity contribution in [3.8, 4) is 0 Å². The van der Waals surface area contributed by atoms with Crippen LogP contribution in [0.3, 0.4) is 0 Å². The Labute approximate surface area is 119 Å². The molecule has 1 N–H and O–H groups in total. The molecule has 6 atom stereocenters. The molecule has 3 fully saturated rings. The molecule has 0 bridgehead atoms. The molecule has 0 spiro atoms. The molecule has 3 aliphatic carbocycles. The third-order valence-corrected chi connectivity index (χ3v) is 6.61. The summed E-state index contributed by atoms with van der Waals surface area (Å²) in [5, 5.41) is 4.04. The van der Waals surface area contributed by atoms with E-state index in [1.54, 1.807) is 0 Å². The lowest BCUT2D eigenvalue weighted by Crippen LogP contribution is -2.46. The topological polar surface area (TPSA) is 12.0 Å². The van der Waals surface area contributed by atoms with E-state index in [1.165, 1.54) is 64.2 Å². The Morgan fingerprint density at radius 3 is 2.11 bits per heavy atom. The van der Waals surface area contributed by atoms with Crippen molar-refractivity contribution in [1.29, 1.82) is 0 Å². The number of fused-ring (bicyclic) bond motifs is 1. The molecule has 3 saturated carbocycles. The molecule has 0 aromatic heterocycles. The first-order valence-electron chi connectivity index (χ1n) is 8.98. The zero-order valence-corrected chi connectivity index (χ0v) is 13.0. The van der Waals surface area contributed by atoms with Crippen molar-refractivity contribution in [3.63, 3.8) is 0 Å². The Morgan fingerprint density at radius 2 is 1.32 bits per heavy atom. The van der Waals surface area contributed by atoms with Crippen LogP contribution in [0.4, 0.5) is 0 Å². The van der Waals surface area contributed by atoms with Gasteiger partial charge in [0.2, 0.25) is 0 Å². The van der Waals surface area contributed by atoms with Gasteiger partial charge in [0.25, 0.3) is 0 Å². The lowest BCUT2D eigenvalue weighted by Gasteiger charge is -2.42. The minimum Gasteiger partial charge on any atom is -0.311 e. The monoisotopic (exact) mass is 263 g/mol. The Morgan fingerprint density at radius 1 is 0.632 bits per heavy atom. The summed E-state index contributed by atoms with van der Waals surface area (Å²) < 4.78 is 0. The van der Waals surface area contributed by atoms with Crippen molar-refractivity contribution in [2.75, 3.05) is 0 Å². The fourth-order valence-electron chi connectivity index (χ4n) is 5.06. The van der Waals surface area contributed by atoms with Gasteiger partial charge >= 0.3 is 0 Å². The van der Waals surface area contributed by atoms with Crippen LogP contribution in [0.1, 0.15) is 78.1 Å². The molecule has 19 heavy (non-hydrogen) atoms. The lowest BCUT2D eigenvalue weighted by molar-refractivity contribution is 0.126. The van der Waals surface area contributed by atoms with Crippen LogP contribution in [0.15, 0.2) is 0 Å². The second-order valence-electron chi connectivity index (χ2n) is 7.95. The minimum atomic E-state index is 0.830. The Hall–Kier alpha value is -0.0400. The molecule has 0 amide bonds. The summed E-state index contributed by atoms with van der Waals surface area (Å²) in [4.78, 5) is 0. The molecule has 1 nitrogen and oxygen atoms in total. The van der Waals surface area contributed by atoms with Crippen LogP contribution in [0.25, 0.3) is 0 Å². The molecule has 0 aliphatic heterocycles. The maximum absolute atomic E-state index is 4.04. The largest absolute Gasteiger partial charge is 0.311 e. The van der Waals surface area contributed by atoms with Gasteiger partial charge in [0.1, 0.15) is 0 Å². The van der Waals surface area contributed by atoms with E-state index in [4.69, 9.17) is 0 Å². The SMILES string of the molecule is CC1CCC(NC2CCC3CCCCC3C2)CC1C. The average Bonchev–Trinajstić information content (AvgIpc) is 2.43. The van der Waals surface area contributed by atoms with Crippen LogP contribution in [-0.2, 0) is 0 Å². The number of hydrogen-bond acceptors (Lipinski definition) is 1. The summed E-state index contributed by atoms with van der Waals surface area (Å²) >= 11 is 0. The fourth-order valence-corrected chi connectivity index (χ4v) is 5.06. The Balaban J connectivity index is 1.48. The smallest absolute Gasteiger partial charge is 0.00725 e. The fraction of sp³-hybridized carbons (Fsp3) is 1.00. The van der Waals surface area contributed by atoms with Gasteiger partial charge in [0.05, 0.1) is 0 Å². The summed E-state index contributed by atoms with van der Waals surface area (Å²) in [6.45, 7) is 4.89. The van der Waals surface area contributed by atoms with Gasteiger partial charge in [-0.25, -0.2) is 0 Å². The van der Waals surface area contributed by atoms with Crippen molar-refractivity contribution >= 4 is 0 Å². The maximum Gasteiger partial charge on any atom is 0.00725 e. The molecule has 3 aliphatic rings. The van der Waals surface area contributed by atoms with Crippen LogP contribution in [0.5, 0.6) is 0 Å². The molecule has 1 heteroatoms. The summed E-state index contributed by atoms with van der Waals surface area (Å²) in [5.74, 6) is 4.04. The molecule has 0 aromatic rings. The van der Waals surface area contributed by atoms with Gasteiger partial charge in [0, 0.05) is 12.1 Å². The standard InChI is InChI=1S/C18H33N/c1-13-7-9-17(11-14(13)2)19-18-10-8-15-5-3-4-6-16(15)12-18/h13-19H,3-12H2,1-2H3. The summed E-state index contributed by atoms with van der Waals surface area (Å²) in [5.41, 5.74) is 0. The van der Waals surface area contributed by atoms with Crippen LogP contribution >= 0.6 is 0 Å². The summed E-state index contributed by atoms with van der Waals surface area (Å²) in [6, 6.07) is 1.68.